The summed E-state index contributed by atoms with van der Waals surface area (Å²) in [6, 6.07) is 9.47. The van der Waals surface area contributed by atoms with E-state index in [2.05, 4.69) is 9.97 Å². The van der Waals surface area contributed by atoms with Crippen LogP contribution in [0.2, 0.25) is 5.02 Å². The van der Waals surface area contributed by atoms with E-state index in [9.17, 15) is 0 Å². The van der Waals surface area contributed by atoms with Crippen LogP contribution in [0.1, 0.15) is 11.5 Å². The molecule has 17 heavy (non-hydrogen) atoms. The number of hydrogen-bond acceptors (Lipinski definition) is 4. The Morgan fingerprint density at radius 3 is 2.76 bits per heavy atom. The maximum Gasteiger partial charge on any atom is 0.141 e. The number of aromatic nitrogens is 2. The molecule has 0 amide bonds. The van der Waals surface area contributed by atoms with Crippen molar-refractivity contribution >= 4 is 29.2 Å². The van der Waals surface area contributed by atoms with Crippen LogP contribution in [0.4, 0.5) is 5.82 Å². The Labute approximate surface area is 109 Å². The van der Waals surface area contributed by atoms with E-state index in [1.165, 1.54) is 0 Å². The Morgan fingerprint density at radius 2 is 2.06 bits per heavy atom. The van der Waals surface area contributed by atoms with Crippen LogP contribution >= 0.6 is 23.4 Å². The van der Waals surface area contributed by atoms with Gasteiger partial charge in [0, 0.05) is 16.7 Å². The van der Waals surface area contributed by atoms with Gasteiger partial charge in [-0.3, -0.25) is 0 Å². The predicted molar refractivity (Wildman–Crippen MR) is 72.2 cm³/mol. The molecule has 5 heteroatoms. The van der Waals surface area contributed by atoms with E-state index in [4.69, 9.17) is 17.3 Å². The van der Waals surface area contributed by atoms with Crippen LogP contribution in [-0.2, 0) is 5.75 Å². The Hall–Kier alpha value is -1.26. The molecular weight excluding hydrogens is 254 g/mol. The van der Waals surface area contributed by atoms with Gasteiger partial charge in [-0.15, -0.1) is 11.8 Å². The molecule has 1 heterocycles. The Kier molecular flexibility index (Phi) is 3.86. The fourth-order valence-electron chi connectivity index (χ4n) is 1.42. The van der Waals surface area contributed by atoms with Crippen molar-refractivity contribution in [2.45, 2.75) is 17.6 Å². The maximum absolute atomic E-state index is 6.07. The minimum Gasteiger partial charge on any atom is -0.384 e. The fraction of sp³-hybridized carbons (Fsp3) is 0.167. The lowest BCUT2D eigenvalue weighted by atomic mass is 10.4. The van der Waals surface area contributed by atoms with Gasteiger partial charge in [0.25, 0.3) is 0 Å². The number of thioether (sulfide) groups is 1. The molecule has 1 aromatic heterocycles. The summed E-state index contributed by atoms with van der Waals surface area (Å²) in [6.07, 6.45) is 0. The number of benzene rings is 1. The van der Waals surface area contributed by atoms with Crippen molar-refractivity contribution in [3.63, 3.8) is 0 Å². The van der Waals surface area contributed by atoms with Crippen molar-refractivity contribution in [3.05, 3.63) is 46.9 Å². The lowest BCUT2D eigenvalue weighted by Gasteiger charge is -2.04. The zero-order chi connectivity index (χ0) is 12.3. The maximum atomic E-state index is 6.07. The first kappa shape index (κ1) is 12.2. The molecule has 3 nitrogen and oxygen atoms in total. The van der Waals surface area contributed by atoms with E-state index in [0.29, 0.717) is 11.6 Å². The molecule has 0 saturated carbocycles. The molecule has 0 aliphatic carbocycles. The first-order chi connectivity index (χ1) is 8.15. The average Bonchev–Trinajstić information content (AvgIpc) is 2.27. The molecule has 0 aliphatic heterocycles. The van der Waals surface area contributed by atoms with Crippen LogP contribution in [0.15, 0.2) is 35.2 Å². The summed E-state index contributed by atoms with van der Waals surface area (Å²) in [7, 11) is 0. The molecule has 1 aromatic carbocycles. The number of nitrogens with zero attached hydrogens (tertiary/aromatic N) is 2. The molecule has 0 radical (unpaired) electrons. The number of nitrogen functional groups attached to an aromatic ring is 1. The standard InChI is InChI=1S/C12H12ClN3S/c1-8-6-11(14)16-12(15-8)7-17-10-5-3-2-4-9(10)13/h2-6H,7H2,1H3,(H2,14,15,16). The number of anilines is 1. The highest BCUT2D eigenvalue weighted by Gasteiger charge is 2.04. The SMILES string of the molecule is Cc1cc(N)nc(CSc2ccccc2Cl)n1. The van der Waals surface area contributed by atoms with Gasteiger partial charge >= 0.3 is 0 Å². The van der Waals surface area contributed by atoms with Gasteiger partial charge in [0.1, 0.15) is 11.6 Å². The van der Waals surface area contributed by atoms with E-state index in [0.717, 1.165) is 21.4 Å². The molecule has 2 rings (SSSR count). The zero-order valence-corrected chi connectivity index (χ0v) is 10.9. The van der Waals surface area contributed by atoms with E-state index in [1.807, 2.05) is 31.2 Å². The smallest absolute Gasteiger partial charge is 0.141 e. The summed E-state index contributed by atoms with van der Waals surface area (Å²) in [5.74, 6) is 1.90. The van der Waals surface area contributed by atoms with Gasteiger partial charge in [0.2, 0.25) is 0 Å². The molecule has 0 bridgehead atoms. The number of aryl methyl sites for hydroxylation is 1. The highest BCUT2D eigenvalue weighted by Crippen LogP contribution is 2.28. The lowest BCUT2D eigenvalue weighted by molar-refractivity contribution is 1.00. The lowest BCUT2D eigenvalue weighted by Crippen LogP contribution is -1.99. The first-order valence-electron chi connectivity index (χ1n) is 5.12. The van der Waals surface area contributed by atoms with Gasteiger partial charge < -0.3 is 5.73 Å². The van der Waals surface area contributed by atoms with E-state index in [-0.39, 0.29) is 0 Å². The van der Waals surface area contributed by atoms with E-state index in [1.54, 1.807) is 17.8 Å². The van der Waals surface area contributed by atoms with Crippen molar-refractivity contribution in [2.75, 3.05) is 5.73 Å². The molecule has 88 valence electrons. The highest BCUT2D eigenvalue weighted by molar-refractivity contribution is 7.98. The second-order valence-electron chi connectivity index (χ2n) is 3.57. The van der Waals surface area contributed by atoms with Gasteiger partial charge in [0.15, 0.2) is 0 Å². The second kappa shape index (κ2) is 5.38. The van der Waals surface area contributed by atoms with Crippen LogP contribution in [0.5, 0.6) is 0 Å². The molecule has 0 fully saturated rings. The summed E-state index contributed by atoms with van der Waals surface area (Å²) < 4.78 is 0. The molecular formula is C12H12ClN3S. The quantitative estimate of drug-likeness (QED) is 0.865. The summed E-state index contributed by atoms with van der Waals surface area (Å²) in [4.78, 5) is 9.53. The van der Waals surface area contributed by atoms with E-state index < -0.39 is 0 Å². The molecule has 0 aliphatic rings. The third-order valence-corrected chi connectivity index (χ3v) is 3.62. The van der Waals surface area contributed by atoms with Crippen molar-refractivity contribution in [1.82, 2.24) is 9.97 Å². The normalized spacial score (nSPS) is 10.5. The molecule has 0 saturated heterocycles. The largest absolute Gasteiger partial charge is 0.384 e. The van der Waals surface area contributed by atoms with Crippen LogP contribution in [0, 0.1) is 6.92 Å². The van der Waals surface area contributed by atoms with Crippen molar-refractivity contribution in [1.29, 1.82) is 0 Å². The number of hydrogen-bond donors (Lipinski definition) is 1. The van der Waals surface area contributed by atoms with Gasteiger partial charge in [-0.2, -0.15) is 0 Å². The Morgan fingerprint density at radius 1 is 1.29 bits per heavy atom. The minimum absolute atomic E-state index is 0.507. The predicted octanol–water partition coefficient (Wildman–Crippen LogP) is 3.31. The van der Waals surface area contributed by atoms with Crippen LogP contribution in [0.3, 0.4) is 0 Å². The average molecular weight is 266 g/mol. The van der Waals surface area contributed by atoms with Gasteiger partial charge in [0.05, 0.1) is 10.8 Å². The zero-order valence-electron chi connectivity index (χ0n) is 9.35. The molecule has 0 spiro atoms. The minimum atomic E-state index is 0.507. The summed E-state index contributed by atoms with van der Waals surface area (Å²) in [5.41, 5.74) is 6.55. The highest BCUT2D eigenvalue weighted by atomic mass is 35.5. The van der Waals surface area contributed by atoms with Crippen LogP contribution in [-0.4, -0.2) is 9.97 Å². The Bertz CT molecular complexity index is 511. The molecule has 0 atom stereocenters. The van der Waals surface area contributed by atoms with Crippen molar-refractivity contribution < 1.29 is 0 Å². The molecule has 0 unspecified atom stereocenters. The fourth-order valence-corrected chi connectivity index (χ4v) is 2.52. The van der Waals surface area contributed by atoms with Crippen molar-refractivity contribution in [3.8, 4) is 0 Å². The third-order valence-electron chi connectivity index (χ3n) is 2.11. The number of nitrogens with two attached hydrogens (primary N) is 1. The van der Waals surface area contributed by atoms with Gasteiger partial charge in [-0.25, -0.2) is 9.97 Å². The van der Waals surface area contributed by atoms with Crippen LogP contribution in [0.25, 0.3) is 0 Å². The van der Waals surface area contributed by atoms with Gasteiger partial charge in [-0.05, 0) is 19.1 Å². The van der Waals surface area contributed by atoms with Crippen molar-refractivity contribution in [2.24, 2.45) is 0 Å². The van der Waals surface area contributed by atoms with Gasteiger partial charge in [-0.1, -0.05) is 23.7 Å². The third kappa shape index (κ3) is 3.35. The molecule has 2 aromatic rings. The topological polar surface area (TPSA) is 51.8 Å². The first-order valence-corrected chi connectivity index (χ1v) is 6.49. The number of halogens is 1. The Balaban J connectivity index is 2.10. The molecule has 2 N–H and O–H groups in total. The summed E-state index contributed by atoms with van der Waals surface area (Å²) >= 11 is 7.67. The summed E-state index contributed by atoms with van der Waals surface area (Å²) in [6.45, 7) is 1.90. The van der Waals surface area contributed by atoms with Crippen LogP contribution < -0.4 is 5.73 Å². The van der Waals surface area contributed by atoms with E-state index >= 15 is 0 Å². The number of rotatable bonds is 3. The summed E-state index contributed by atoms with van der Waals surface area (Å²) in [5, 5.41) is 0.748. The second-order valence-corrected chi connectivity index (χ2v) is 4.99. The monoisotopic (exact) mass is 265 g/mol.